The number of aliphatic hydroxyl groups is 1. The van der Waals surface area contributed by atoms with Crippen LogP contribution in [-0.2, 0) is 65.1 Å². The van der Waals surface area contributed by atoms with Gasteiger partial charge < -0.3 is 46.7 Å². The number of primary amides is 1. The molecule has 0 saturated carbocycles. The molecule has 8 N–H and O–H groups in total. The molecule has 2 aromatic heterocycles. The molecule has 3 aliphatic rings. The molecule has 332 valence electrons. The highest BCUT2D eigenvalue weighted by Crippen LogP contribution is 2.46. The maximum absolute atomic E-state index is 15.4. The molecule has 0 saturated heterocycles. The number of aromatic nitrogens is 2. The van der Waals surface area contributed by atoms with Gasteiger partial charge in [-0.05, 0) is 61.6 Å². The first-order chi connectivity index (χ1) is 30.0. The zero-order valence-electron chi connectivity index (χ0n) is 35.2. The van der Waals surface area contributed by atoms with Crippen LogP contribution in [0.25, 0.3) is 22.3 Å². The van der Waals surface area contributed by atoms with E-state index in [9.17, 15) is 38.7 Å². The minimum absolute atomic E-state index is 0.0359. The molecule has 19 heteroatoms. The number of hydrogen-bond donors (Lipinski definition) is 6. The predicted molar refractivity (Wildman–Crippen MR) is 226 cm³/mol. The van der Waals surface area contributed by atoms with Gasteiger partial charge in [-0.25, -0.2) is 14.2 Å². The average Bonchev–Trinajstić information content (AvgIpc) is 3.63. The van der Waals surface area contributed by atoms with E-state index < -0.39 is 71.7 Å². The third-order valence-electron chi connectivity index (χ3n) is 12.1. The molecule has 4 heterocycles. The van der Waals surface area contributed by atoms with E-state index in [1.165, 1.54) is 15.5 Å². The SMILES string of the molecule is CC[C@@]1(O)C(=O)OCc2c1cc1n(c2=O)Cc2c-1nc1cc(F)c(C)c3c1c2[C@@H](NC(=O)CN(C)CCN(CC(N)=O)C(=O)[C@H](Cc1ccccc1)NC(=O)CNC(=O)CN)CC3. The fourth-order valence-electron chi connectivity index (χ4n) is 8.78. The second-order valence-corrected chi connectivity index (χ2v) is 16.2. The summed E-state index contributed by atoms with van der Waals surface area (Å²) in [5.74, 6) is -4.28. The van der Waals surface area contributed by atoms with Crippen molar-refractivity contribution in [2.75, 3.05) is 46.3 Å². The molecule has 5 amide bonds. The van der Waals surface area contributed by atoms with Crippen molar-refractivity contribution in [1.29, 1.82) is 0 Å². The molecule has 4 aromatic rings. The van der Waals surface area contributed by atoms with Crippen molar-refractivity contribution in [2.24, 2.45) is 11.5 Å². The number of fused-ring (bicyclic) bond motifs is 5. The van der Waals surface area contributed by atoms with Crippen molar-refractivity contribution in [2.45, 2.75) is 70.4 Å². The molecule has 63 heavy (non-hydrogen) atoms. The number of likely N-dealkylation sites (N-methyl/N-ethyl adjacent to an activating group) is 1. The number of ether oxygens (including phenoxy) is 1. The van der Waals surface area contributed by atoms with Crippen LogP contribution in [0.1, 0.15) is 64.8 Å². The normalized spacial score (nSPS) is 17.6. The number of aryl methyl sites for hydroxylation is 1. The van der Waals surface area contributed by atoms with Crippen LogP contribution in [0.15, 0.2) is 47.3 Å². The lowest BCUT2D eigenvalue weighted by molar-refractivity contribution is -0.172. The summed E-state index contributed by atoms with van der Waals surface area (Å²) in [7, 11) is 1.66. The Hall–Kier alpha value is -6.57. The Morgan fingerprint density at radius 3 is 2.49 bits per heavy atom. The van der Waals surface area contributed by atoms with Crippen LogP contribution >= 0.6 is 0 Å². The first-order valence-corrected chi connectivity index (χ1v) is 20.7. The van der Waals surface area contributed by atoms with E-state index >= 15 is 4.39 Å². The van der Waals surface area contributed by atoms with E-state index in [0.717, 1.165) is 11.1 Å². The summed E-state index contributed by atoms with van der Waals surface area (Å²) in [6.45, 7) is 1.80. The van der Waals surface area contributed by atoms with Gasteiger partial charge in [-0.1, -0.05) is 37.3 Å². The average molecular weight is 868 g/mol. The number of halogens is 1. The third-order valence-corrected chi connectivity index (χ3v) is 12.1. The Morgan fingerprint density at radius 2 is 1.79 bits per heavy atom. The molecule has 18 nitrogen and oxygen atoms in total. The Labute approximate surface area is 361 Å². The number of nitrogens with one attached hydrogen (secondary N) is 3. The first kappa shape index (κ1) is 44.5. The van der Waals surface area contributed by atoms with Crippen molar-refractivity contribution in [3.63, 3.8) is 0 Å². The Bertz CT molecular complexity index is 2600. The first-order valence-electron chi connectivity index (χ1n) is 20.7. The van der Waals surface area contributed by atoms with Gasteiger partial charge in [0, 0.05) is 42.1 Å². The van der Waals surface area contributed by atoms with E-state index in [2.05, 4.69) is 16.0 Å². The molecular weight excluding hydrogens is 818 g/mol. The fourth-order valence-corrected chi connectivity index (χ4v) is 8.78. The lowest BCUT2D eigenvalue weighted by atomic mass is 9.81. The van der Waals surface area contributed by atoms with Gasteiger partial charge in [-0.2, -0.15) is 0 Å². The largest absolute Gasteiger partial charge is 0.458 e. The standard InChI is InChI=1S/C44H50FN9O9/c1-4-44(62)28-15-33-40-26(19-54(33)41(59)27(28)22-63-43(44)61)39-30(11-10-25-23(2)29(45)16-31(51-40)38(25)39)49-37(58)21-52(3)12-13-53(20-34(47)55)42(60)32(14-24-8-6-5-7-9-24)50-36(57)18-48-35(56)17-46/h5-9,15-16,30,32,62H,4,10-14,17-22,46H2,1-3H3,(H2,47,55)(H,48,56)(H,49,58)(H,50,57)/t30-,32-,44-/m0/s1. The van der Waals surface area contributed by atoms with Crippen LogP contribution in [0, 0.1) is 12.7 Å². The molecule has 0 spiro atoms. The molecule has 7 rings (SSSR count). The number of pyridine rings is 2. The summed E-state index contributed by atoms with van der Waals surface area (Å²) in [4.78, 5) is 99.0. The Morgan fingerprint density at radius 1 is 1.05 bits per heavy atom. The van der Waals surface area contributed by atoms with Gasteiger partial charge in [-0.15, -0.1) is 0 Å². The van der Waals surface area contributed by atoms with E-state index in [-0.39, 0.29) is 69.2 Å². The number of esters is 1. The van der Waals surface area contributed by atoms with Gasteiger partial charge in [0.15, 0.2) is 5.60 Å². The molecule has 3 atom stereocenters. The smallest absolute Gasteiger partial charge is 0.343 e. The zero-order chi connectivity index (χ0) is 45.3. The summed E-state index contributed by atoms with van der Waals surface area (Å²) in [5.41, 5.74) is 13.0. The highest BCUT2D eigenvalue weighted by atomic mass is 19.1. The second kappa shape index (κ2) is 18.0. The number of carbonyl (C=O) groups is 6. The van der Waals surface area contributed by atoms with Gasteiger partial charge in [-0.3, -0.25) is 33.7 Å². The van der Waals surface area contributed by atoms with Crippen molar-refractivity contribution in [3.8, 4) is 11.4 Å². The zero-order valence-corrected chi connectivity index (χ0v) is 35.2. The molecule has 1 aliphatic carbocycles. The number of hydrogen-bond acceptors (Lipinski definition) is 12. The second-order valence-electron chi connectivity index (χ2n) is 16.2. The number of nitrogens with zero attached hydrogens (tertiary/aromatic N) is 4. The van der Waals surface area contributed by atoms with Crippen molar-refractivity contribution < 1.29 is 43.0 Å². The number of benzene rings is 2. The molecule has 0 unspecified atom stereocenters. The summed E-state index contributed by atoms with van der Waals surface area (Å²) in [6, 6.07) is 10.1. The predicted octanol–water partition coefficient (Wildman–Crippen LogP) is -0.321. The van der Waals surface area contributed by atoms with Gasteiger partial charge in [0.25, 0.3) is 5.56 Å². The van der Waals surface area contributed by atoms with Crippen molar-refractivity contribution >= 4 is 46.4 Å². The molecular formula is C44H50FN9O9. The topological polar surface area (TPSA) is 261 Å². The van der Waals surface area contributed by atoms with Gasteiger partial charge in [0.1, 0.15) is 18.5 Å². The minimum atomic E-state index is -2.04. The monoisotopic (exact) mass is 867 g/mol. The Balaban J connectivity index is 1.11. The van der Waals surface area contributed by atoms with Crippen LogP contribution in [0.5, 0.6) is 0 Å². The summed E-state index contributed by atoms with van der Waals surface area (Å²) in [6.07, 6.45) is 0.876. The van der Waals surface area contributed by atoms with Crippen LogP contribution in [0.2, 0.25) is 0 Å². The highest BCUT2D eigenvalue weighted by molar-refractivity contribution is 5.95. The quantitative estimate of drug-likeness (QED) is 0.0698. The fraction of sp³-hybridized carbons (Fsp3) is 0.409. The van der Waals surface area contributed by atoms with Crippen LogP contribution in [0.4, 0.5) is 4.39 Å². The molecule has 2 aliphatic heterocycles. The molecule has 0 fully saturated rings. The van der Waals surface area contributed by atoms with E-state index in [1.807, 2.05) is 0 Å². The molecule has 2 aromatic carbocycles. The van der Waals surface area contributed by atoms with Crippen LogP contribution < -0.4 is 33.0 Å². The Kier molecular flexibility index (Phi) is 12.7. The van der Waals surface area contributed by atoms with Crippen molar-refractivity contribution in [3.05, 3.63) is 97.6 Å². The number of carbonyl (C=O) groups excluding carboxylic acids is 6. The molecule has 0 radical (unpaired) electrons. The van der Waals surface area contributed by atoms with E-state index in [4.69, 9.17) is 21.2 Å². The minimum Gasteiger partial charge on any atom is -0.458 e. The molecule has 0 bridgehead atoms. The van der Waals surface area contributed by atoms with Gasteiger partial charge in [0.05, 0.1) is 61.2 Å². The van der Waals surface area contributed by atoms with Crippen LogP contribution in [-0.4, -0.2) is 112 Å². The number of cyclic esters (lactones) is 1. The summed E-state index contributed by atoms with van der Waals surface area (Å²) >= 11 is 0. The van der Waals surface area contributed by atoms with E-state index in [0.29, 0.717) is 51.8 Å². The lowest BCUT2D eigenvalue weighted by Gasteiger charge is -2.31. The van der Waals surface area contributed by atoms with Crippen molar-refractivity contribution in [1.82, 2.24) is 35.3 Å². The van der Waals surface area contributed by atoms with Gasteiger partial charge in [0.2, 0.25) is 29.5 Å². The summed E-state index contributed by atoms with van der Waals surface area (Å²) < 4.78 is 22.1. The number of rotatable bonds is 16. The van der Waals surface area contributed by atoms with Crippen LogP contribution in [0.3, 0.4) is 0 Å². The third kappa shape index (κ3) is 8.76. The lowest BCUT2D eigenvalue weighted by Crippen LogP contribution is -2.54. The number of nitrogens with two attached hydrogens (primary N) is 2. The number of amides is 5. The maximum Gasteiger partial charge on any atom is 0.343 e. The maximum atomic E-state index is 15.4. The van der Waals surface area contributed by atoms with Gasteiger partial charge >= 0.3 is 5.97 Å². The highest BCUT2D eigenvalue weighted by Gasteiger charge is 2.46. The summed E-state index contributed by atoms with van der Waals surface area (Å²) in [5, 5.41) is 20.2. The van der Waals surface area contributed by atoms with E-state index in [1.54, 1.807) is 62.2 Å².